The quantitative estimate of drug-likeness (QED) is 0.748. The van der Waals surface area contributed by atoms with Crippen LogP contribution in [0.2, 0.25) is 0 Å². The molecular weight excluding hydrogens is 235 g/mol. The third kappa shape index (κ3) is 2.45. The number of nitriles is 1. The molecule has 2 heterocycles. The van der Waals surface area contributed by atoms with Crippen molar-refractivity contribution < 1.29 is 0 Å². The Balaban J connectivity index is 1.98. The highest BCUT2D eigenvalue weighted by atomic mass is 15.2. The fourth-order valence-electron chi connectivity index (χ4n) is 2.84. The number of hydrogen-bond donors (Lipinski definition) is 1. The van der Waals surface area contributed by atoms with Gasteiger partial charge in [-0.3, -0.25) is 0 Å². The highest BCUT2D eigenvalue weighted by Gasteiger charge is 2.29. The van der Waals surface area contributed by atoms with E-state index in [4.69, 9.17) is 4.98 Å². The molecule has 1 saturated carbocycles. The third-order valence-corrected chi connectivity index (χ3v) is 3.98. The Morgan fingerprint density at radius 3 is 2.95 bits per heavy atom. The lowest BCUT2D eigenvalue weighted by Gasteiger charge is -2.33. The molecule has 1 aromatic rings. The second kappa shape index (κ2) is 4.86. The van der Waals surface area contributed by atoms with Crippen LogP contribution in [0.4, 0.5) is 5.82 Å². The maximum Gasteiger partial charge on any atom is 0.146 e. The van der Waals surface area contributed by atoms with Gasteiger partial charge in [-0.25, -0.2) is 4.98 Å². The Morgan fingerprint density at radius 1 is 1.53 bits per heavy atom. The van der Waals surface area contributed by atoms with Gasteiger partial charge in [-0.05, 0) is 25.8 Å². The van der Waals surface area contributed by atoms with Gasteiger partial charge in [0.2, 0.25) is 0 Å². The number of piperazine rings is 1. The molecule has 1 saturated heterocycles. The Kier molecular flexibility index (Phi) is 3.20. The topological polar surface area (TPSA) is 52.0 Å². The molecule has 0 bridgehead atoms. The molecule has 2 fully saturated rings. The smallest absolute Gasteiger partial charge is 0.146 e. The summed E-state index contributed by atoms with van der Waals surface area (Å²) in [5, 5.41) is 12.8. The lowest BCUT2D eigenvalue weighted by Crippen LogP contribution is -2.50. The SMILES string of the molecule is Bc1cc(C#N)c(N2CCN[C@H](C)C2)nc1C1CC1. The van der Waals surface area contributed by atoms with E-state index in [1.807, 2.05) is 6.07 Å². The number of pyridine rings is 1. The van der Waals surface area contributed by atoms with Crippen LogP contribution in [0.3, 0.4) is 0 Å². The van der Waals surface area contributed by atoms with Gasteiger partial charge in [-0.2, -0.15) is 5.26 Å². The van der Waals surface area contributed by atoms with Crippen molar-refractivity contribution in [3.8, 4) is 6.07 Å². The number of hydrogen-bond acceptors (Lipinski definition) is 4. The van der Waals surface area contributed by atoms with E-state index in [1.165, 1.54) is 24.0 Å². The summed E-state index contributed by atoms with van der Waals surface area (Å²) in [6.45, 7) is 4.99. The standard InChI is InChI=1S/C14H19BN4/c1-9-8-19(5-4-17-9)14-11(7-16)6-12(15)13(18-14)10-2-3-10/h6,9-10,17H,2-5,8,15H2,1H3/t9-/m1/s1. The Hall–Kier alpha value is -1.54. The molecule has 0 spiro atoms. The zero-order valence-electron chi connectivity index (χ0n) is 11.6. The van der Waals surface area contributed by atoms with Crippen LogP contribution in [-0.2, 0) is 0 Å². The molecule has 3 rings (SSSR count). The van der Waals surface area contributed by atoms with Gasteiger partial charge in [0.25, 0.3) is 0 Å². The van der Waals surface area contributed by atoms with Gasteiger partial charge in [0.1, 0.15) is 19.7 Å². The molecule has 1 aliphatic heterocycles. The number of nitrogens with one attached hydrogen (secondary N) is 1. The van der Waals surface area contributed by atoms with Crippen LogP contribution < -0.4 is 15.7 Å². The summed E-state index contributed by atoms with van der Waals surface area (Å²) in [6.07, 6.45) is 2.49. The summed E-state index contributed by atoms with van der Waals surface area (Å²) < 4.78 is 0. The summed E-state index contributed by atoms with van der Waals surface area (Å²) in [5.41, 5.74) is 3.10. The van der Waals surface area contributed by atoms with Crippen LogP contribution in [0.5, 0.6) is 0 Å². The van der Waals surface area contributed by atoms with Gasteiger partial charge in [0, 0.05) is 37.3 Å². The predicted molar refractivity (Wildman–Crippen MR) is 78.8 cm³/mol. The summed E-state index contributed by atoms with van der Waals surface area (Å²) >= 11 is 0. The van der Waals surface area contributed by atoms with Crippen LogP contribution in [-0.4, -0.2) is 38.5 Å². The molecule has 0 radical (unpaired) electrons. The molecule has 5 heteroatoms. The van der Waals surface area contributed by atoms with Crippen molar-refractivity contribution in [3.05, 3.63) is 17.3 Å². The van der Waals surface area contributed by atoms with E-state index in [0.717, 1.165) is 31.0 Å². The van der Waals surface area contributed by atoms with Crippen molar-refractivity contribution in [2.75, 3.05) is 24.5 Å². The minimum Gasteiger partial charge on any atom is -0.353 e. The fourth-order valence-corrected chi connectivity index (χ4v) is 2.84. The van der Waals surface area contributed by atoms with Gasteiger partial charge in [-0.1, -0.05) is 5.46 Å². The van der Waals surface area contributed by atoms with E-state index < -0.39 is 0 Å². The zero-order chi connectivity index (χ0) is 13.4. The lowest BCUT2D eigenvalue weighted by atomic mass is 9.90. The first kappa shape index (κ1) is 12.5. The number of anilines is 1. The van der Waals surface area contributed by atoms with Crippen LogP contribution >= 0.6 is 0 Å². The summed E-state index contributed by atoms with van der Waals surface area (Å²) in [4.78, 5) is 7.09. The molecule has 1 N–H and O–H groups in total. The van der Waals surface area contributed by atoms with E-state index >= 15 is 0 Å². The van der Waals surface area contributed by atoms with E-state index in [0.29, 0.717) is 12.0 Å². The molecule has 0 amide bonds. The molecule has 1 atom stereocenters. The minimum absolute atomic E-state index is 0.452. The molecule has 98 valence electrons. The second-order valence-electron chi connectivity index (χ2n) is 5.75. The van der Waals surface area contributed by atoms with Gasteiger partial charge in [0.05, 0.1) is 5.56 Å². The van der Waals surface area contributed by atoms with Gasteiger partial charge >= 0.3 is 0 Å². The molecule has 0 aromatic carbocycles. The van der Waals surface area contributed by atoms with Gasteiger partial charge < -0.3 is 10.2 Å². The van der Waals surface area contributed by atoms with E-state index in [9.17, 15) is 5.26 Å². The first-order valence-corrected chi connectivity index (χ1v) is 7.09. The molecule has 1 aromatic heterocycles. The molecule has 2 aliphatic rings. The van der Waals surface area contributed by atoms with Crippen molar-refractivity contribution in [1.29, 1.82) is 5.26 Å². The highest BCUT2D eigenvalue weighted by Crippen LogP contribution is 2.39. The number of aromatic nitrogens is 1. The third-order valence-electron chi connectivity index (χ3n) is 3.98. The van der Waals surface area contributed by atoms with E-state index in [-0.39, 0.29) is 0 Å². The summed E-state index contributed by atoms with van der Waals surface area (Å²) in [7, 11) is 2.08. The summed E-state index contributed by atoms with van der Waals surface area (Å²) in [6, 6.07) is 4.78. The first-order chi connectivity index (χ1) is 9.19. The normalized spacial score (nSPS) is 23.2. The minimum atomic E-state index is 0.452. The van der Waals surface area contributed by atoms with Crippen LogP contribution in [0.25, 0.3) is 0 Å². The Morgan fingerprint density at radius 2 is 2.32 bits per heavy atom. The molecule has 19 heavy (non-hydrogen) atoms. The van der Waals surface area contributed by atoms with Crippen molar-refractivity contribution in [2.24, 2.45) is 0 Å². The Bertz CT molecular complexity index is 533. The number of nitrogens with zero attached hydrogens (tertiary/aromatic N) is 3. The zero-order valence-corrected chi connectivity index (χ0v) is 11.6. The molecular formula is C14H19BN4. The number of rotatable bonds is 2. The van der Waals surface area contributed by atoms with Gasteiger partial charge in [0.15, 0.2) is 0 Å². The maximum absolute atomic E-state index is 9.35. The van der Waals surface area contributed by atoms with Crippen molar-refractivity contribution in [2.45, 2.75) is 31.7 Å². The Labute approximate surface area is 115 Å². The molecule has 1 aliphatic carbocycles. The first-order valence-electron chi connectivity index (χ1n) is 7.09. The van der Waals surface area contributed by atoms with Crippen molar-refractivity contribution >= 4 is 19.1 Å². The fraction of sp³-hybridized carbons (Fsp3) is 0.571. The van der Waals surface area contributed by atoms with Gasteiger partial charge in [-0.15, -0.1) is 0 Å². The average Bonchev–Trinajstić information content (AvgIpc) is 3.22. The second-order valence-corrected chi connectivity index (χ2v) is 5.75. The van der Waals surface area contributed by atoms with Crippen LogP contribution in [0.1, 0.15) is 36.9 Å². The molecule has 4 nitrogen and oxygen atoms in total. The lowest BCUT2D eigenvalue weighted by molar-refractivity contribution is 0.482. The van der Waals surface area contributed by atoms with Crippen LogP contribution in [0, 0.1) is 11.3 Å². The monoisotopic (exact) mass is 254 g/mol. The van der Waals surface area contributed by atoms with Crippen LogP contribution in [0.15, 0.2) is 6.07 Å². The van der Waals surface area contributed by atoms with Crippen molar-refractivity contribution in [1.82, 2.24) is 10.3 Å². The summed E-state index contributed by atoms with van der Waals surface area (Å²) in [5.74, 6) is 1.52. The molecule has 0 unspecified atom stereocenters. The largest absolute Gasteiger partial charge is 0.353 e. The van der Waals surface area contributed by atoms with E-state index in [1.54, 1.807) is 0 Å². The van der Waals surface area contributed by atoms with Crippen molar-refractivity contribution in [3.63, 3.8) is 0 Å². The predicted octanol–water partition coefficient (Wildman–Crippen LogP) is -0.113. The highest BCUT2D eigenvalue weighted by molar-refractivity contribution is 6.33. The van der Waals surface area contributed by atoms with E-state index in [2.05, 4.69) is 31.1 Å². The average molecular weight is 254 g/mol. The maximum atomic E-state index is 9.35.